The van der Waals surface area contributed by atoms with Crippen LogP contribution in [0.4, 0.5) is 0 Å². The monoisotopic (exact) mass is 406 g/mol. The molecular formula is C20H11BrN2O3. The van der Waals surface area contributed by atoms with Crippen LogP contribution in [-0.2, 0) is 4.74 Å². The van der Waals surface area contributed by atoms with Crippen LogP contribution in [0.3, 0.4) is 0 Å². The van der Waals surface area contributed by atoms with Crippen molar-refractivity contribution >= 4 is 27.5 Å². The molecule has 6 heteroatoms. The molecule has 0 unspecified atom stereocenters. The second-order valence-corrected chi connectivity index (χ2v) is 6.75. The quantitative estimate of drug-likeness (QED) is 0.780. The van der Waals surface area contributed by atoms with Crippen molar-refractivity contribution in [1.82, 2.24) is 0 Å². The van der Waals surface area contributed by atoms with Gasteiger partial charge in [-0.25, -0.2) is 0 Å². The van der Waals surface area contributed by atoms with Crippen molar-refractivity contribution in [2.45, 2.75) is 5.92 Å². The Morgan fingerprint density at radius 2 is 1.62 bits per heavy atom. The zero-order valence-corrected chi connectivity index (χ0v) is 14.9. The number of hydrogen-bond donors (Lipinski definition) is 1. The molecule has 0 spiro atoms. The van der Waals surface area contributed by atoms with E-state index in [9.17, 15) is 14.9 Å². The summed E-state index contributed by atoms with van der Waals surface area (Å²) in [6.07, 6.45) is 0. The maximum atomic E-state index is 13.2. The van der Waals surface area contributed by atoms with Gasteiger partial charge in [0.1, 0.15) is 11.6 Å². The number of allylic oxidation sites excluding steroid dienone is 3. The molecular weight excluding hydrogens is 396 g/mol. The Labute approximate surface area is 157 Å². The Hall–Kier alpha value is -3.17. The predicted molar refractivity (Wildman–Crippen MR) is 96.9 cm³/mol. The maximum Gasteiger partial charge on any atom is 0.229 e. The molecule has 2 aliphatic rings. The minimum absolute atomic E-state index is 0.106. The van der Waals surface area contributed by atoms with Crippen LogP contribution in [0.15, 0.2) is 75.8 Å². The molecule has 26 heavy (non-hydrogen) atoms. The van der Waals surface area contributed by atoms with E-state index in [-0.39, 0.29) is 34.1 Å². The lowest BCUT2D eigenvalue weighted by molar-refractivity contribution is 0.0897. The number of benzene rings is 2. The van der Waals surface area contributed by atoms with Crippen molar-refractivity contribution in [2.24, 2.45) is 5.73 Å². The van der Waals surface area contributed by atoms with E-state index >= 15 is 0 Å². The van der Waals surface area contributed by atoms with E-state index in [1.54, 1.807) is 42.5 Å². The van der Waals surface area contributed by atoms with Gasteiger partial charge in [-0.05, 0) is 11.6 Å². The SMILES string of the molecule is N#CC1=C(N)OC2=C(C(=O)c3ccccc3C2=O)[C@@H]1c1ccccc1Br. The highest BCUT2D eigenvalue weighted by Gasteiger charge is 2.44. The summed E-state index contributed by atoms with van der Waals surface area (Å²) in [6.45, 7) is 0. The van der Waals surface area contributed by atoms with Gasteiger partial charge >= 0.3 is 0 Å². The average molecular weight is 407 g/mol. The Balaban J connectivity index is 2.01. The van der Waals surface area contributed by atoms with Crippen LogP contribution in [0.2, 0.25) is 0 Å². The summed E-state index contributed by atoms with van der Waals surface area (Å²) >= 11 is 3.46. The van der Waals surface area contributed by atoms with Gasteiger partial charge in [-0.1, -0.05) is 58.4 Å². The third-order valence-electron chi connectivity index (χ3n) is 4.50. The van der Waals surface area contributed by atoms with Crippen LogP contribution in [-0.4, -0.2) is 11.6 Å². The normalized spacial score (nSPS) is 18.8. The average Bonchev–Trinajstić information content (AvgIpc) is 2.65. The largest absolute Gasteiger partial charge is 0.436 e. The van der Waals surface area contributed by atoms with E-state index in [2.05, 4.69) is 15.9 Å². The molecule has 2 N–H and O–H groups in total. The number of fused-ring (bicyclic) bond motifs is 1. The molecule has 1 aliphatic heterocycles. The van der Waals surface area contributed by atoms with E-state index in [4.69, 9.17) is 10.5 Å². The topological polar surface area (TPSA) is 93.2 Å². The van der Waals surface area contributed by atoms with Crippen molar-refractivity contribution < 1.29 is 14.3 Å². The molecule has 4 rings (SSSR count). The van der Waals surface area contributed by atoms with Crippen molar-refractivity contribution in [3.05, 3.63) is 92.5 Å². The van der Waals surface area contributed by atoms with Crippen LogP contribution in [0.1, 0.15) is 32.2 Å². The first-order chi connectivity index (χ1) is 12.5. The van der Waals surface area contributed by atoms with Gasteiger partial charge in [0.15, 0.2) is 11.5 Å². The van der Waals surface area contributed by atoms with Gasteiger partial charge < -0.3 is 10.5 Å². The smallest absolute Gasteiger partial charge is 0.229 e. The van der Waals surface area contributed by atoms with Crippen LogP contribution in [0.5, 0.6) is 0 Å². The van der Waals surface area contributed by atoms with Gasteiger partial charge in [0.2, 0.25) is 11.7 Å². The molecule has 0 radical (unpaired) electrons. The molecule has 0 fully saturated rings. The number of ketones is 2. The molecule has 1 atom stereocenters. The molecule has 5 nitrogen and oxygen atoms in total. The summed E-state index contributed by atoms with van der Waals surface area (Å²) in [4.78, 5) is 26.1. The second kappa shape index (κ2) is 5.97. The standard InChI is InChI=1S/C20H11BrN2O3/c21-14-8-4-3-7-12(14)15-13(9-22)20(23)26-19-16(15)17(24)10-5-1-2-6-11(10)18(19)25/h1-8,15H,23H2/t15-/m1/s1. The van der Waals surface area contributed by atoms with E-state index in [0.29, 0.717) is 15.6 Å². The van der Waals surface area contributed by atoms with Crippen LogP contribution in [0, 0.1) is 11.3 Å². The van der Waals surface area contributed by atoms with Crippen molar-refractivity contribution in [2.75, 3.05) is 0 Å². The molecule has 0 amide bonds. The van der Waals surface area contributed by atoms with E-state index in [1.807, 2.05) is 12.1 Å². The summed E-state index contributed by atoms with van der Waals surface area (Å²) in [7, 11) is 0. The van der Waals surface area contributed by atoms with E-state index in [1.165, 1.54) is 0 Å². The van der Waals surface area contributed by atoms with Crippen LogP contribution < -0.4 is 5.73 Å². The first-order valence-corrected chi connectivity index (χ1v) is 8.58. The minimum Gasteiger partial charge on any atom is -0.436 e. The third kappa shape index (κ3) is 2.21. The molecule has 0 saturated heterocycles. The number of carbonyl (C=O) groups excluding carboxylic acids is 2. The number of halogens is 1. The van der Waals surface area contributed by atoms with E-state index < -0.39 is 11.7 Å². The third-order valence-corrected chi connectivity index (χ3v) is 5.23. The van der Waals surface area contributed by atoms with Crippen molar-refractivity contribution in [3.63, 3.8) is 0 Å². The molecule has 0 bridgehead atoms. The number of rotatable bonds is 1. The maximum absolute atomic E-state index is 13.2. The highest BCUT2D eigenvalue weighted by atomic mass is 79.9. The Morgan fingerprint density at radius 1 is 1.00 bits per heavy atom. The molecule has 2 aromatic carbocycles. The molecule has 126 valence electrons. The predicted octanol–water partition coefficient (Wildman–Crippen LogP) is 3.59. The van der Waals surface area contributed by atoms with Gasteiger partial charge in [0.25, 0.3) is 0 Å². The molecule has 2 aromatic rings. The summed E-state index contributed by atoms with van der Waals surface area (Å²) in [5.41, 5.74) is 7.42. The number of ether oxygens (including phenoxy) is 1. The fourth-order valence-electron chi connectivity index (χ4n) is 3.33. The number of hydrogen-bond acceptors (Lipinski definition) is 5. The summed E-state index contributed by atoms with van der Waals surface area (Å²) < 4.78 is 6.16. The Morgan fingerprint density at radius 3 is 2.27 bits per heavy atom. The van der Waals surface area contributed by atoms with E-state index in [0.717, 1.165) is 0 Å². The molecule has 0 saturated carbocycles. The zero-order chi connectivity index (χ0) is 18.4. The Kier molecular flexibility index (Phi) is 3.74. The van der Waals surface area contributed by atoms with Gasteiger partial charge in [0.05, 0.1) is 11.5 Å². The van der Waals surface area contributed by atoms with Gasteiger partial charge in [-0.2, -0.15) is 5.26 Å². The first kappa shape index (κ1) is 16.3. The lowest BCUT2D eigenvalue weighted by atomic mass is 9.75. The van der Waals surface area contributed by atoms with Crippen molar-refractivity contribution in [3.8, 4) is 6.07 Å². The minimum atomic E-state index is -0.774. The van der Waals surface area contributed by atoms with Gasteiger partial charge in [-0.3, -0.25) is 9.59 Å². The summed E-state index contributed by atoms with van der Waals surface area (Å²) in [6, 6.07) is 15.8. The number of Topliss-reactive ketones (excluding diaryl/α,β-unsaturated/α-hetero) is 2. The van der Waals surface area contributed by atoms with Gasteiger partial charge in [0, 0.05) is 15.6 Å². The van der Waals surface area contributed by atoms with Crippen LogP contribution in [0.25, 0.3) is 0 Å². The fraction of sp³-hybridized carbons (Fsp3) is 0.0500. The van der Waals surface area contributed by atoms with Crippen LogP contribution >= 0.6 is 15.9 Å². The molecule has 1 heterocycles. The second-order valence-electron chi connectivity index (χ2n) is 5.89. The Bertz CT molecular complexity index is 1090. The molecule has 0 aromatic heterocycles. The van der Waals surface area contributed by atoms with Crippen molar-refractivity contribution in [1.29, 1.82) is 5.26 Å². The highest BCUT2D eigenvalue weighted by molar-refractivity contribution is 9.10. The summed E-state index contributed by atoms with van der Waals surface area (Å²) in [5, 5.41) is 9.62. The summed E-state index contributed by atoms with van der Waals surface area (Å²) in [5.74, 6) is -1.79. The lowest BCUT2D eigenvalue weighted by Crippen LogP contribution is -2.32. The fourth-order valence-corrected chi connectivity index (χ4v) is 3.84. The lowest BCUT2D eigenvalue weighted by Gasteiger charge is -2.31. The number of nitriles is 1. The highest BCUT2D eigenvalue weighted by Crippen LogP contribution is 2.45. The molecule has 1 aliphatic carbocycles. The van der Waals surface area contributed by atoms with Gasteiger partial charge in [-0.15, -0.1) is 0 Å². The zero-order valence-electron chi connectivity index (χ0n) is 13.3. The number of nitrogens with two attached hydrogens (primary N) is 1. The number of carbonyl (C=O) groups is 2. The number of nitrogens with zero attached hydrogens (tertiary/aromatic N) is 1. The first-order valence-electron chi connectivity index (χ1n) is 7.79.